The predicted octanol–water partition coefficient (Wildman–Crippen LogP) is -3.25. The fourth-order valence-corrected chi connectivity index (χ4v) is 8.69. The Morgan fingerprint density at radius 2 is 1.36 bits per heavy atom. The number of para-hydroxylation sites is 1. The van der Waals surface area contributed by atoms with E-state index in [0.717, 1.165) is 21.4 Å². The number of phenols is 1. The molecule has 80 heavy (non-hydrogen) atoms. The van der Waals surface area contributed by atoms with Gasteiger partial charge in [0, 0.05) is 30.1 Å². The number of likely N-dealkylation sites (tertiary alicyclic amines) is 1. The highest BCUT2D eigenvalue weighted by Crippen LogP contribution is 2.22. The van der Waals surface area contributed by atoms with Crippen molar-refractivity contribution in [2.45, 2.75) is 133 Å². The fraction of sp³-hybridized carbons (Fsp3) is 0.500. The fourth-order valence-electron chi connectivity index (χ4n) is 8.69. The van der Waals surface area contributed by atoms with Crippen LogP contribution in [0.5, 0.6) is 5.75 Å². The average molecular weight is 1120 g/mol. The first-order chi connectivity index (χ1) is 37.9. The number of rotatable bonds is 32. The number of unbranched alkanes of at least 4 members (excludes halogenated alkanes) is 1. The van der Waals surface area contributed by atoms with Crippen LogP contribution in [0.3, 0.4) is 0 Å². The summed E-state index contributed by atoms with van der Waals surface area (Å²) >= 11 is 0. The number of nitrogens with one attached hydrogen (secondary N) is 9. The normalized spacial score (nSPS) is 16.0. The molecule has 0 bridgehead atoms. The Hall–Kier alpha value is -8.66. The number of hydrogen-bond acceptors (Lipinski definition) is 15. The molecule has 0 spiro atoms. The van der Waals surface area contributed by atoms with Crippen LogP contribution in [0.25, 0.3) is 10.9 Å². The van der Waals surface area contributed by atoms with Gasteiger partial charge in [-0.05, 0) is 87.2 Å². The average Bonchev–Trinajstić information content (AvgIpc) is 4.12. The van der Waals surface area contributed by atoms with Gasteiger partial charge in [0.05, 0.1) is 32.0 Å². The number of aliphatic carboxylic acids is 2. The molecule has 0 unspecified atom stereocenters. The van der Waals surface area contributed by atoms with Crippen molar-refractivity contribution in [3.8, 4) is 5.75 Å². The van der Waals surface area contributed by atoms with Crippen molar-refractivity contribution in [1.29, 1.82) is 0 Å². The third kappa shape index (κ3) is 19.7. The molecule has 10 amide bonds. The van der Waals surface area contributed by atoms with Crippen LogP contribution in [-0.4, -0.2) is 171 Å². The minimum atomic E-state index is -1.87. The zero-order valence-corrected chi connectivity index (χ0v) is 44.7. The predicted molar refractivity (Wildman–Crippen MR) is 286 cm³/mol. The first-order valence-corrected chi connectivity index (χ1v) is 26.1. The standard InChI is InChI=1S/C52H73N13O15/c1-4-27(2)44(50(77)60-35(52(79)80)12-7-8-18-53)64-42(69)26-57-41(68)25-58-47(74)36(20-29-14-16-31(66)17-15-29)62-48(75)37(23-43(70)71)61-45(72)28(3)59-49(76)39-13-9-19-65(39)51(78)38(22-40(55)67)63-46(73)33(54)21-30-24-56-34-11-6-5-10-32(30)34/h5-6,10-11,14-17,24,27-28,33,35-39,44,56,66H,4,7-9,12-13,18-23,25-26,53-54H2,1-3H3,(H2,55,67)(H,57,68)(H,58,74)(H,59,76)(H,60,77)(H,61,72)(H,62,75)(H,63,73)(H,64,69)(H,70,71)(H,79,80)/t27-,28-,33-,35-,36-,37-,38-,39-,44-/m0/s1. The Bertz CT molecular complexity index is 2720. The number of aromatic amines is 1. The van der Waals surface area contributed by atoms with Crippen LogP contribution >= 0.6 is 0 Å². The van der Waals surface area contributed by atoms with Gasteiger partial charge in [-0.15, -0.1) is 0 Å². The lowest BCUT2D eigenvalue weighted by Gasteiger charge is -2.29. The Morgan fingerprint density at radius 1 is 0.713 bits per heavy atom. The summed E-state index contributed by atoms with van der Waals surface area (Å²) in [5, 5.41) is 49.2. The van der Waals surface area contributed by atoms with E-state index >= 15 is 0 Å². The maximum atomic E-state index is 13.9. The van der Waals surface area contributed by atoms with Crippen molar-refractivity contribution in [3.05, 3.63) is 65.9 Å². The second-order valence-electron chi connectivity index (χ2n) is 19.5. The van der Waals surface area contributed by atoms with Crippen LogP contribution in [0.4, 0.5) is 0 Å². The van der Waals surface area contributed by atoms with E-state index in [2.05, 4.69) is 47.5 Å². The van der Waals surface area contributed by atoms with Gasteiger partial charge in [0.1, 0.15) is 48.0 Å². The summed E-state index contributed by atoms with van der Waals surface area (Å²) in [7, 11) is 0. The molecule has 1 fully saturated rings. The lowest BCUT2D eigenvalue weighted by atomic mass is 9.97. The smallest absolute Gasteiger partial charge is 0.326 e. The summed E-state index contributed by atoms with van der Waals surface area (Å²) in [6, 6.07) is 1.58. The summed E-state index contributed by atoms with van der Waals surface area (Å²) in [5.74, 6) is -12.5. The monoisotopic (exact) mass is 1120 g/mol. The van der Waals surface area contributed by atoms with E-state index in [1.807, 2.05) is 24.3 Å². The highest BCUT2D eigenvalue weighted by molar-refractivity contribution is 5.99. The second-order valence-corrected chi connectivity index (χ2v) is 19.5. The number of nitrogens with zero attached hydrogens (tertiary/aromatic N) is 1. The quantitative estimate of drug-likeness (QED) is 0.0273. The molecule has 436 valence electrons. The number of carboxylic acids is 2. The Labute approximate surface area is 460 Å². The summed E-state index contributed by atoms with van der Waals surface area (Å²) in [4.78, 5) is 161. The first kappa shape index (κ1) is 63.9. The number of nitrogens with two attached hydrogens (primary N) is 3. The number of carbonyl (C=O) groups excluding carboxylic acids is 10. The lowest BCUT2D eigenvalue weighted by molar-refractivity contribution is -0.143. The van der Waals surface area contributed by atoms with E-state index in [4.69, 9.17) is 17.2 Å². The molecular weight excluding hydrogens is 1050 g/mol. The number of aromatic hydroxyl groups is 1. The van der Waals surface area contributed by atoms with E-state index in [-0.39, 0.29) is 38.0 Å². The number of phenolic OH excluding ortho intramolecular Hbond substituents is 1. The van der Waals surface area contributed by atoms with E-state index in [1.165, 1.54) is 31.2 Å². The van der Waals surface area contributed by atoms with Gasteiger partial charge in [0.25, 0.3) is 0 Å². The maximum absolute atomic E-state index is 13.9. The largest absolute Gasteiger partial charge is 0.508 e. The van der Waals surface area contributed by atoms with Crippen LogP contribution < -0.4 is 59.7 Å². The van der Waals surface area contributed by atoms with Crippen molar-refractivity contribution in [3.63, 3.8) is 0 Å². The molecule has 28 nitrogen and oxygen atoms in total. The minimum Gasteiger partial charge on any atom is -0.508 e. The molecule has 1 aliphatic rings. The number of H-pyrrole nitrogens is 1. The molecule has 4 rings (SSSR count). The number of hydrogen-bond donors (Lipinski definition) is 15. The zero-order chi connectivity index (χ0) is 59.2. The third-order valence-corrected chi connectivity index (χ3v) is 13.3. The van der Waals surface area contributed by atoms with Crippen LogP contribution in [0.1, 0.15) is 83.3 Å². The topological polar surface area (TPSA) is 459 Å². The lowest BCUT2D eigenvalue weighted by Crippen LogP contribution is -2.59. The molecular formula is C52H73N13O15. The molecule has 28 heteroatoms. The Kier molecular flexibility index (Phi) is 24.8. The van der Waals surface area contributed by atoms with Gasteiger partial charge >= 0.3 is 11.9 Å². The minimum absolute atomic E-state index is 0.0158. The van der Waals surface area contributed by atoms with Crippen LogP contribution in [0.15, 0.2) is 54.7 Å². The van der Waals surface area contributed by atoms with E-state index in [1.54, 1.807) is 20.0 Å². The third-order valence-electron chi connectivity index (χ3n) is 13.3. The molecule has 3 aromatic rings. The Balaban J connectivity index is 1.38. The molecule has 0 radical (unpaired) electrons. The molecule has 1 aromatic heterocycles. The molecule has 1 saturated heterocycles. The van der Waals surface area contributed by atoms with Gasteiger partial charge in [0.2, 0.25) is 59.1 Å². The summed E-state index contributed by atoms with van der Waals surface area (Å²) in [5.41, 5.74) is 19.1. The second kappa shape index (κ2) is 31.1. The van der Waals surface area contributed by atoms with Gasteiger partial charge in [0.15, 0.2) is 0 Å². The van der Waals surface area contributed by atoms with Crippen molar-refractivity contribution in [1.82, 2.24) is 52.4 Å². The number of carbonyl (C=O) groups is 12. The van der Waals surface area contributed by atoms with E-state index in [9.17, 15) is 72.9 Å². The molecule has 2 aromatic carbocycles. The Morgan fingerprint density at radius 3 is 2.01 bits per heavy atom. The number of primary amides is 1. The van der Waals surface area contributed by atoms with Crippen molar-refractivity contribution < 1.29 is 72.9 Å². The maximum Gasteiger partial charge on any atom is 0.326 e. The summed E-state index contributed by atoms with van der Waals surface area (Å²) in [6.45, 7) is 3.55. The van der Waals surface area contributed by atoms with Gasteiger partial charge in [-0.2, -0.15) is 0 Å². The highest BCUT2D eigenvalue weighted by atomic mass is 16.4. The highest BCUT2D eigenvalue weighted by Gasteiger charge is 2.40. The van der Waals surface area contributed by atoms with Crippen LogP contribution in [0.2, 0.25) is 0 Å². The molecule has 0 aliphatic carbocycles. The molecule has 0 saturated carbocycles. The number of fused-ring (bicyclic) bond motifs is 1. The van der Waals surface area contributed by atoms with Gasteiger partial charge in [-0.3, -0.25) is 52.7 Å². The zero-order valence-electron chi connectivity index (χ0n) is 44.7. The SMILES string of the molecule is CC[C@H](C)[C@H](NC(=O)CNC(=O)CNC(=O)[C@H](Cc1ccc(O)cc1)NC(=O)[C@H](CC(=O)O)NC(=O)[C@H](C)NC(=O)[C@@H]1CCCN1C(=O)[C@H](CC(N)=O)NC(=O)[C@@H](N)Cc1c[nH]c2ccccc12)C(=O)N[C@@H](CCCCN)C(=O)O. The molecule has 9 atom stereocenters. The van der Waals surface area contributed by atoms with Gasteiger partial charge in [-0.25, -0.2) is 4.79 Å². The van der Waals surface area contributed by atoms with Crippen molar-refractivity contribution in [2.75, 3.05) is 26.2 Å². The van der Waals surface area contributed by atoms with Gasteiger partial charge < -0.3 is 84.9 Å². The number of benzene rings is 2. The summed E-state index contributed by atoms with van der Waals surface area (Å²) < 4.78 is 0. The van der Waals surface area contributed by atoms with Gasteiger partial charge in [-0.1, -0.05) is 50.6 Å². The molecule has 2 heterocycles. The molecule has 1 aliphatic heterocycles. The number of aromatic nitrogens is 1. The number of carboxylic acid groups (broad SMARTS) is 2. The van der Waals surface area contributed by atoms with E-state index < -0.39 is 151 Å². The number of amides is 10. The van der Waals surface area contributed by atoms with Crippen molar-refractivity contribution >= 4 is 81.9 Å². The van der Waals surface area contributed by atoms with Crippen LogP contribution in [0, 0.1) is 5.92 Å². The first-order valence-electron chi connectivity index (χ1n) is 26.1. The van der Waals surface area contributed by atoms with Crippen molar-refractivity contribution in [2.24, 2.45) is 23.1 Å². The van der Waals surface area contributed by atoms with E-state index in [0.29, 0.717) is 37.8 Å². The summed E-state index contributed by atoms with van der Waals surface area (Å²) in [6.07, 6.45) is 1.72. The molecule has 18 N–H and O–H groups in total. The van der Waals surface area contributed by atoms with Crippen LogP contribution in [-0.2, 0) is 70.4 Å².